The van der Waals surface area contributed by atoms with Crippen LogP contribution >= 0.6 is 11.3 Å². The highest BCUT2D eigenvalue weighted by Gasteiger charge is 2.28. The molecule has 2 amide bonds. The zero-order valence-electron chi connectivity index (χ0n) is 21.2. The van der Waals surface area contributed by atoms with Crippen LogP contribution in [0.5, 0.6) is 0 Å². The Balaban J connectivity index is 1.43. The minimum atomic E-state index is -0.724. The van der Waals surface area contributed by atoms with Crippen molar-refractivity contribution in [1.29, 1.82) is 0 Å². The highest BCUT2D eigenvalue weighted by molar-refractivity contribution is 7.15. The van der Waals surface area contributed by atoms with Gasteiger partial charge in [0.25, 0.3) is 5.91 Å². The van der Waals surface area contributed by atoms with Gasteiger partial charge >= 0.3 is 0 Å². The molecule has 36 heavy (non-hydrogen) atoms. The van der Waals surface area contributed by atoms with Crippen LogP contribution in [0.1, 0.15) is 53.8 Å². The van der Waals surface area contributed by atoms with E-state index in [1.807, 2.05) is 6.20 Å². The molecule has 8 nitrogen and oxygen atoms in total. The van der Waals surface area contributed by atoms with Crippen molar-refractivity contribution >= 4 is 34.0 Å². The Hall–Kier alpha value is -2.56. The standard InChI is InChI=1S/C26H37FN6O2S/c1-28-22-9-8-19(27)15-21(22)24(34)30-23(14-18-6-4-3-5-7-18)25(35)31-26-29-16-20(36-26)17-33-12-10-32(2)11-13-33/h8-9,15-16,18,23,28H,3-7,10-14,17H2,1-2H3,(H,30,34)(H,29,31,35). The summed E-state index contributed by atoms with van der Waals surface area (Å²) in [6, 6.07) is 3.30. The highest BCUT2D eigenvalue weighted by atomic mass is 32.1. The van der Waals surface area contributed by atoms with Crippen LogP contribution in [0.2, 0.25) is 0 Å². The van der Waals surface area contributed by atoms with Crippen LogP contribution in [0, 0.1) is 11.7 Å². The van der Waals surface area contributed by atoms with Crippen LogP contribution in [0.3, 0.4) is 0 Å². The molecule has 1 unspecified atom stereocenters. The molecule has 1 aliphatic heterocycles. The van der Waals surface area contributed by atoms with Crippen molar-refractivity contribution in [3.63, 3.8) is 0 Å². The predicted octanol–water partition coefficient (Wildman–Crippen LogP) is 3.78. The summed E-state index contributed by atoms with van der Waals surface area (Å²) < 4.78 is 13.9. The lowest BCUT2D eigenvalue weighted by molar-refractivity contribution is -0.118. The normalized spacial score (nSPS) is 18.5. The maximum Gasteiger partial charge on any atom is 0.254 e. The molecule has 0 bridgehead atoms. The maximum absolute atomic E-state index is 13.9. The summed E-state index contributed by atoms with van der Waals surface area (Å²) in [6.45, 7) is 4.94. The first kappa shape index (κ1) is 26.5. The van der Waals surface area contributed by atoms with Crippen LogP contribution in [-0.2, 0) is 11.3 Å². The van der Waals surface area contributed by atoms with Crippen LogP contribution in [0.4, 0.5) is 15.2 Å². The number of carbonyl (C=O) groups is 2. The molecule has 10 heteroatoms. The molecular formula is C26H37FN6O2S. The number of hydrogen-bond donors (Lipinski definition) is 3. The van der Waals surface area contributed by atoms with Crippen LogP contribution in [0.25, 0.3) is 0 Å². The molecule has 1 aliphatic carbocycles. The molecule has 2 fully saturated rings. The summed E-state index contributed by atoms with van der Waals surface area (Å²) in [4.78, 5) is 36.7. The first-order chi connectivity index (χ1) is 17.4. The van der Waals surface area contributed by atoms with Crippen molar-refractivity contribution in [1.82, 2.24) is 20.1 Å². The van der Waals surface area contributed by atoms with Gasteiger partial charge in [0.15, 0.2) is 5.13 Å². The summed E-state index contributed by atoms with van der Waals surface area (Å²) in [5.41, 5.74) is 0.696. The number of hydrogen-bond acceptors (Lipinski definition) is 7. The van der Waals surface area contributed by atoms with Gasteiger partial charge in [-0.1, -0.05) is 32.1 Å². The van der Waals surface area contributed by atoms with Crippen molar-refractivity contribution in [3.05, 3.63) is 40.7 Å². The zero-order chi connectivity index (χ0) is 25.5. The lowest BCUT2D eigenvalue weighted by Crippen LogP contribution is -2.45. The van der Waals surface area contributed by atoms with E-state index in [4.69, 9.17) is 0 Å². The third kappa shape index (κ3) is 7.24. The molecule has 4 rings (SSSR count). The third-order valence-electron chi connectivity index (χ3n) is 7.17. The van der Waals surface area contributed by atoms with Gasteiger partial charge in [-0.15, -0.1) is 11.3 Å². The Morgan fingerprint density at radius 2 is 1.92 bits per heavy atom. The van der Waals surface area contributed by atoms with Gasteiger partial charge in [0.05, 0.1) is 5.56 Å². The molecule has 1 saturated heterocycles. The molecule has 2 aliphatic rings. The van der Waals surface area contributed by atoms with Crippen molar-refractivity contribution < 1.29 is 14.0 Å². The number of benzene rings is 1. The molecule has 2 aromatic rings. The smallest absolute Gasteiger partial charge is 0.254 e. The number of halogens is 1. The Morgan fingerprint density at radius 3 is 2.64 bits per heavy atom. The van der Waals surface area contributed by atoms with E-state index in [1.54, 1.807) is 7.05 Å². The van der Waals surface area contributed by atoms with E-state index in [0.717, 1.165) is 63.3 Å². The largest absolute Gasteiger partial charge is 0.387 e. The average molecular weight is 517 g/mol. The van der Waals surface area contributed by atoms with E-state index < -0.39 is 17.8 Å². The predicted molar refractivity (Wildman–Crippen MR) is 142 cm³/mol. The van der Waals surface area contributed by atoms with E-state index >= 15 is 0 Å². The quantitative estimate of drug-likeness (QED) is 0.470. The molecule has 1 aromatic heterocycles. The minimum Gasteiger partial charge on any atom is -0.387 e. The first-order valence-corrected chi connectivity index (χ1v) is 13.7. The van der Waals surface area contributed by atoms with Gasteiger partial charge in [0.1, 0.15) is 11.9 Å². The molecule has 196 valence electrons. The Bertz CT molecular complexity index is 1030. The second-order valence-corrected chi connectivity index (χ2v) is 11.0. The molecule has 1 atom stereocenters. The van der Waals surface area contributed by atoms with Gasteiger partial charge in [-0.2, -0.15) is 0 Å². The molecule has 1 aromatic carbocycles. The number of carbonyl (C=O) groups excluding carboxylic acids is 2. The summed E-state index contributed by atoms with van der Waals surface area (Å²) in [5.74, 6) is -0.875. The third-order valence-corrected chi connectivity index (χ3v) is 8.07. The molecule has 0 spiro atoms. The molecule has 3 N–H and O–H groups in total. The number of thiazole rings is 1. The number of likely N-dealkylation sites (N-methyl/N-ethyl adjacent to an activating group) is 1. The number of nitrogens with one attached hydrogen (secondary N) is 3. The highest BCUT2D eigenvalue weighted by Crippen LogP contribution is 2.28. The van der Waals surface area contributed by atoms with E-state index in [2.05, 4.69) is 37.8 Å². The van der Waals surface area contributed by atoms with Gasteiger partial charge in [0, 0.05) is 56.5 Å². The van der Waals surface area contributed by atoms with E-state index in [1.165, 1.54) is 36.0 Å². The van der Waals surface area contributed by atoms with Gasteiger partial charge in [0.2, 0.25) is 5.91 Å². The fourth-order valence-corrected chi connectivity index (χ4v) is 5.86. The average Bonchev–Trinajstić information content (AvgIpc) is 3.32. The lowest BCUT2D eigenvalue weighted by atomic mass is 9.84. The van der Waals surface area contributed by atoms with Crippen molar-refractivity contribution in [2.24, 2.45) is 5.92 Å². The zero-order valence-corrected chi connectivity index (χ0v) is 22.0. The number of piperazine rings is 1. The number of nitrogens with zero attached hydrogens (tertiary/aromatic N) is 3. The number of aromatic nitrogens is 1. The van der Waals surface area contributed by atoms with Crippen molar-refractivity contribution in [2.45, 2.75) is 51.1 Å². The summed E-state index contributed by atoms with van der Waals surface area (Å²) >= 11 is 1.47. The SMILES string of the molecule is CNc1ccc(F)cc1C(=O)NC(CC1CCCCC1)C(=O)Nc1ncc(CN2CCN(C)CC2)s1. The summed E-state index contributed by atoms with van der Waals surface area (Å²) in [7, 11) is 3.81. The topological polar surface area (TPSA) is 89.6 Å². The maximum atomic E-state index is 13.9. The first-order valence-electron chi connectivity index (χ1n) is 12.9. The van der Waals surface area contributed by atoms with Crippen molar-refractivity contribution in [2.75, 3.05) is 50.9 Å². The fraction of sp³-hybridized carbons (Fsp3) is 0.577. The molecule has 1 saturated carbocycles. The van der Waals surface area contributed by atoms with E-state index in [0.29, 0.717) is 23.2 Å². The summed E-state index contributed by atoms with van der Waals surface area (Å²) in [5, 5.41) is 9.27. The van der Waals surface area contributed by atoms with Gasteiger partial charge in [-0.05, 0) is 37.6 Å². The Kier molecular flexibility index (Phi) is 9.28. The van der Waals surface area contributed by atoms with Gasteiger partial charge < -0.3 is 20.9 Å². The lowest BCUT2D eigenvalue weighted by Gasteiger charge is -2.31. The van der Waals surface area contributed by atoms with Crippen LogP contribution in [-0.4, -0.2) is 72.9 Å². The molecular weight excluding hydrogens is 479 g/mol. The summed E-state index contributed by atoms with van der Waals surface area (Å²) in [6.07, 6.45) is 7.97. The fourth-order valence-electron chi connectivity index (χ4n) is 5.00. The minimum absolute atomic E-state index is 0.183. The number of anilines is 2. The van der Waals surface area contributed by atoms with E-state index in [-0.39, 0.29) is 11.5 Å². The van der Waals surface area contributed by atoms with Crippen LogP contribution in [0.15, 0.2) is 24.4 Å². The van der Waals surface area contributed by atoms with E-state index in [9.17, 15) is 14.0 Å². The second-order valence-electron chi connectivity index (χ2n) is 9.91. The Morgan fingerprint density at radius 1 is 1.17 bits per heavy atom. The molecule has 2 heterocycles. The van der Waals surface area contributed by atoms with Crippen LogP contribution < -0.4 is 16.0 Å². The number of amides is 2. The number of rotatable bonds is 9. The monoisotopic (exact) mass is 516 g/mol. The van der Waals surface area contributed by atoms with Crippen molar-refractivity contribution in [3.8, 4) is 0 Å². The second kappa shape index (κ2) is 12.6. The van der Waals surface area contributed by atoms with Gasteiger partial charge in [-0.25, -0.2) is 9.37 Å². The molecule has 0 radical (unpaired) electrons. The Labute approximate surface area is 216 Å². The van der Waals surface area contributed by atoms with Gasteiger partial charge in [-0.3, -0.25) is 14.5 Å².